The first-order valence-electron chi connectivity index (χ1n) is 10.8. The molecule has 0 saturated carbocycles. The average Bonchev–Trinajstić information content (AvgIpc) is 2.80. The molecule has 4 rings (SSSR count). The molecule has 0 unspecified atom stereocenters. The summed E-state index contributed by atoms with van der Waals surface area (Å²) in [5, 5.41) is 0. The van der Waals surface area contributed by atoms with E-state index in [4.69, 9.17) is 4.74 Å². The van der Waals surface area contributed by atoms with E-state index in [1.165, 1.54) is 0 Å². The minimum absolute atomic E-state index is 0.105. The number of carbonyl (C=O) groups is 2. The van der Waals surface area contributed by atoms with E-state index in [0.717, 1.165) is 65.0 Å². The van der Waals surface area contributed by atoms with E-state index in [9.17, 15) is 9.59 Å². The Balaban J connectivity index is 1.25. The first-order valence-corrected chi connectivity index (χ1v) is 10.8. The first kappa shape index (κ1) is 20.2. The Morgan fingerprint density at radius 1 is 0.966 bits per heavy atom. The van der Waals surface area contributed by atoms with Gasteiger partial charge in [-0.15, -0.1) is 0 Å². The van der Waals surface area contributed by atoms with Crippen LogP contribution in [0.3, 0.4) is 0 Å². The molecule has 3 aliphatic rings. The van der Waals surface area contributed by atoms with Crippen molar-refractivity contribution in [2.75, 3.05) is 52.5 Å². The van der Waals surface area contributed by atoms with Crippen LogP contribution in [0.2, 0.25) is 0 Å². The number of rotatable bonds is 4. The summed E-state index contributed by atoms with van der Waals surface area (Å²) in [6, 6.07) is 2.22. The van der Waals surface area contributed by atoms with Crippen molar-refractivity contribution in [3.05, 3.63) is 24.3 Å². The largest absolute Gasteiger partial charge is 0.378 e. The molecule has 1 aromatic rings. The van der Waals surface area contributed by atoms with Crippen molar-refractivity contribution in [1.82, 2.24) is 24.7 Å². The van der Waals surface area contributed by atoms with Crippen LogP contribution in [0.25, 0.3) is 0 Å². The number of aromatic nitrogens is 2. The third kappa shape index (κ3) is 5.11. The molecule has 0 N–H and O–H groups in total. The molecule has 0 aliphatic carbocycles. The van der Waals surface area contributed by atoms with Crippen LogP contribution in [-0.2, 0) is 20.7 Å². The molecule has 8 heteroatoms. The number of likely N-dealkylation sites (tertiary alicyclic amines) is 2. The van der Waals surface area contributed by atoms with Crippen molar-refractivity contribution in [3.8, 4) is 0 Å². The summed E-state index contributed by atoms with van der Waals surface area (Å²) in [6.07, 6.45) is 7.62. The van der Waals surface area contributed by atoms with Gasteiger partial charge < -0.3 is 14.5 Å². The molecular formula is C21H31N5O3. The zero-order valence-electron chi connectivity index (χ0n) is 17.0. The lowest BCUT2D eigenvalue weighted by Gasteiger charge is -2.43. The van der Waals surface area contributed by atoms with Gasteiger partial charge in [0.15, 0.2) is 0 Å². The molecule has 158 valence electrons. The molecule has 0 radical (unpaired) electrons. The molecule has 3 saturated heterocycles. The van der Waals surface area contributed by atoms with Crippen molar-refractivity contribution in [2.45, 2.75) is 38.1 Å². The van der Waals surface area contributed by atoms with Crippen LogP contribution < -0.4 is 0 Å². The van der Waals surface area contributed by atoms with Gasteiger partial charge in [0.2, 0.25) is 11.8 Å². The van der Waals surface area contributed by atoms with E-state index in [-0.39, 0.29) is 18.2 Å². The molecular weight excluding hydrogens is 370 g/mol. The molecule has 3 aliphatic heterocycles. The van der Waals surface area contributed by atoms with Gasteiger partial charge in [0.25, 0.3) is 0 Å². The molecule has 2 amide bonds. The highest BCUT2D eigenvalue weighted by Crippen LogP contribution is 2.25. The van der Waals surface area contributed by atoms with Crippen molar-refractivity contribution in [3.63, 3.8) is 0 Å². The smallest absolute Gasteiger partial charge is 0.230 e. The fraction of sp³-hybridized carbons (Fsp3) is 0.714. The predicted octanol–water partition coefficient (Wildman–Crippen LogP) is 0.581. The van der Waals surface area contributed by atoms with Crippen LogP contribution in [0.1, 0.15) is 31.5 Å². The number of carbonyl (C=O) groups excluding carboxylic acids is 2. The van der Waals surface area contributed by atoms with E-state index in [1.54, 1.807) is 18.5 Å². The van der Waals surface area contributed by atoms with E-state index < -0.39 is 0 Å². The highest BCUT2D eigenvalue weighted by atomic mass is 16.5. The standard InChI is InChI=1S/C21H31N5O3/c27-20(15-19-22-6-2-7-23-19)24-9-4-18(5-10-24)26-8-1-3-17(16-26)21(28)25-11-13-29-14-12-25/h2,6-7,17-18H,1,3-5,8-16H2/t17-/m1/s1. The lowest BCUT2D eigenvalue weighted by atomic mass is 9.92. The summed E-state index contributed by atoms with van der Waals surface area (Å²) in [7, 11) is 0. The number of morpholine rings is 1. The van der Waals surface area contributed by atoms with Gasteiger partial charge in [0.1, 0.15) is 5.82 Å². The number of piperidine rings is 2. The van der Waals surface area contributed by atoms with E-state index in [0.29, 0.717) is 31.0 Å². The molecule has 4 heterocycles. The van der Waals surface area contributed by atoms with Gasteiger partial charge in [-0.1, -0.05) is 0 Å². The zero-order valence-corrected chi connectivity index (χ0v) is 17.0. The second-order valence-electron chi connectivity index (χ2n) is 8.23. The second kappa shape index (κ2) is 9.63. The quantitative estimate of drug-likeness (QED) is 0.735. The Kier molecular flexibility index (Phi) is 6.71. The van der Waals surface area contributed by atoms with Gasteiger partial charge >= 0.3 is 0 Å². The van der Waals surface area contributed by atoms with Crippen LogP contribution in [0.5, 0.6) is 0 Å². The van der Waals surface area contributed by atoms with Crippen molar-refractivity contribution >= 4 is 11.8 Å². The highest BCUT2D eigenvalue weighted by Gasteiger charge is 2.34. The molecule has 29 heavy (non-hydrogen) atoms. The summed E-state index contributed by atoms with van der Waals surface area (Å²) in [6.45, 7) is 6.22. The molecule has 0 bridgehead atoms. The lowest BCUT2D eigenvalue weighted by molar-refractivity contribution is -0.142. The maximum absolute atomic E-state index is 12.9. The fourth-order valence-corrected chi connectivity index (χ4v) is 4.73. The van der Waals surface area contributed by atoms with Gasteiger partial charge in [-0.05, 0) is 38.3 Å². The van der Waals surface area contributed by atoms with Crippen LogP contribution in [0.4, 0.5) is 0 Å². The molecule has 8 nitrogen and oxygen atoms in total. The molecule has 3 fully saturated rings. The zero-order chi connectivity index (χ0) is 20.1. The van der Waals surface area contributed by atoms with Crippen LogP contribution in [-0.4, -0.2) is 95.0 Å². The van der Waals surface area contributed by atoms with Crippen molar-refractivity contribution in [1.29, 1.82) is 0 Å². The first-order chi connectivity index (χ1) is 14.2. The number of hydrogen-bond donors (Lipinski definition) is 0. The lowest BCUT2D eigenvalue weighted by Crippen LogP contribution is -2.53. The third-order valence-electron chi connectivity index (χ3n) is 6.39. The van der Waals surface area contributed by atoms with Crippen LogP contribution in [0, 0.1) is 5.92 Å². The maximum Gasteiger partial charge on any atom is 0.230 e. The van der Waals surface area contributed by atoms with Crippen LogP contribution in [0.15, 0.2) is 18.5 Å². The number of hydrogen-bond acceptors (Lipinski definition) is 6. The molecule has 1 atom stereocenters. The van der Waals surface area contributed by atoms with Crippen molar-refractivity contribution in [2.24, 2.45) is 5.92 Å². The highest BCUT2D eigenvalue weighted by molar-refractivity contribution is 5.79. The van der Waals surface area contributed by atoms with Gasteiger partial charge in [-0.3, -0.25) is 14.5 Å². The summed E-state index contributed by atoms with van der Waals surface area (Å²) >= 11 is 0. The molecule has 0 spiro atoms. The van der Waals surface area contributed by atoms with E-state index in [1.807, 2.05) is 9.80 Å². The maximum atomic E-state index is 12.9. The number of amides is 2. The normalized spacial score (nSPS) is 24.5. The topological polar surface area (TPSA) is 78.9 Å². The Morgan fingerprint density at radius 2 is 1.69 bits per heavy atom. The second-order valence-corrected chi connectivity index (χ2v) is 8.23. The number of ether oxygens (including phenoxy) is 1. The average molecular weight is 402 g/mol. The van der Waals surface area contributed by atoms with Gasteiger partial charge in [0.05, 0.1) is 25.6 Å². The van der Waals surface area contributed by atoms with Gasteiger partial charge in [0, 0.05) is 51.2 Å². The van der Waals surface area contributed by atoms with E-state index >= 15 is 0 Å². The van der Waals surface area contributed by atoms with Crippen LogP contribution >= 0.6 is 0 Å². The minimum Gasteiger partial charge on any atom is -0.378 e. The SMILES string of the molecule is O=C(Cc1ncccn1)N1CCC(N2CCC[C@@H](C(=O)N3CCOCC3)C2)CC1. The summed E-state index contributed by atoms with van der Waals surface area (Å²) < 4.78 is 5.38. The third-order valence-corrected chi connectivity index (χ3v) is 6.39. The van der Waals surface area contributed by atoms with Gasteiger partial charge in [-0.2, -0.15) is 0 Å². The van der Waals surface area contributed by atoms with E-state index in [2.05, 4.69) is 14.9 Å². The number of nitrogens with zero attached hydrogens (tertiary/aromatic N) is 5. The van der Waals surface area contributed by atoms with Crippen molar-refractivity contribution < 1.29 is 14.3 Å². The Labute approximate surface area is 172 Å². The molecule has 0 aromatic carbocycles. The Hall–Kier alpha value is -2.06. The monoisotopic (exact) mass is 401 g/mol. The predicted molar refractivity (Wildman–Crippen MR) is 107 cm³/mol. The molecule has 1 aromatic heterocycles. The summed E-state index contributed by atoms with van der Waals surface area (Å²) in [5.41, 5.74) is 0. The Morgan fingerprint density at radius 3 is 2.41 bits per heavy atom. The van der Waals surface area contributed by atoms with Gasteiger partial charge in [-0.25, -0.2) is 9.97 Å². The summed E-state index contributed by atoms with van der Waals surface area (Å²) in [4.78, 5) is 40.1. The fourth-order valence-electron chi connectivity index (χ4n) is 4.73. The Bertz CT molecular complexity index is 687. The minimum atomic E-state index is 0.105. The summed E-state index contributed by atoms with van der Waals surface area (Å²) in [5.74, 6) is 1.10.